The molecule has 3 heteroatoms. The average molecular weight is 276 g/mol. The van der Waals surface area contributed by atoms with E-state index >= 15 is 0 Å². The standard InChI is InChI=1S/C17H28N2O/c1-15-5-2-3-11-19(15)12-4-10-18-13-16-6-8-17(14-20)9-7-16/h6-9,15,18,20H,2-5,10-14H2,1H3. The quantitative estimate of drug-likeness (QED) is 0.751. The van der Waals surface area contributed by atoms with Crippen LogP contribution in [0.15, 0.2) is 24.3 Å². The van der Waals surface area contributed by atoms with Crippen LogP contribution in [0, 0.1) is 0 Å². The van der Waals surface area contributed by atoms with Gasteiger partial charge in [-0.1, -0.05) is 30.7 Å². The first-order chi connectivity index (χ1) is 9.79. The van der Waals surface area contributed by atoms with Gasteiger partial charge in [0.05, 0.1) is 6.61 Å². The Labute approximate surface area is 123 Å². The lowest BCUT2D eigenvalue weighted by Gasteiger charge is -2.33. The van der Waals surface area contributed by atoms with E-state index in [-0.39, 0.29) is 6.61 Å². The zero-order valence-corrected chi connectivity index (χ0v) is 12.6. The molecule has 3 nitrogen and oxygen atoms in total. The number of benzene rings is 1. The number of hydrogen-bond donors (Lipinski definition) is 2. The van der Waals surface area contributed by atoms with Gasteiger partial charge in [0, 0.05) is 12.6 Å². The summed E-state index contributed by atoms with van der Waals surface area (Å²) >= 11 is 0. The first kappa shape index (κ1) is 15.5. The molecule has 0 bridgehead atoms. The van der Waals surface area contributed by atoms with E-state index in [0.29, 0.717) is 0 Å². The molecule has 112 valence electrons. The highest BCUT2D eigenvalue weighted by atomic mass is 16.3. The number of rotatable bonds is 7. The molecule has 1 saturated heterocycles. The molecule has 1 aromatic carbocycles. The number of aliphatic hydroxyl groups excluding tert-OH is 1. The molecule has 1 aliphatic heterocycles. The molecule has 0 aromatic heterocycles. The van der Waals surface area contributed by atoms with Crippen molar-refractivity contribution in [1.82, 2.24) is 10.2 Å². The van der Waals surface area contributed by atoms with Crippen LogP contribution in [0.5, 0.6) is 0 Å². The summed E-state index contributed by atoms with van der Waals surface area (Å²) in [5.74, 6) is 0. The van der Waals surface area contributed by atoms with Gasteiger partial charge < -0.3 is 15.3 Å². The predicted molar refractivity (Wildman–Crippen MR) is 83.6 cm³/mol. The fourth-order valence-corrected chi connectivity index (χ4v) is 2.89. The maximum Gasteiger partial charge on any atom is 0.0681 e. The van der Waals surface area contributed by atoms with Crippen molar-refractivity contribution in [3.05, 3.63) is 35.4 Å². The smallest absolute Gasteiger partial charge is 0.0681 e. The Morgan fingerprint density at radius 2 is 1.95 bits per heavy atom. The molecular weight excluding hydrogens is 248 g/mol. The Kier molecular flexibility index (Phi) is 6.51. The molecule has 0 amide bonds. The fraction of sp³-hybridized carbons (Fsp3) is 0.647. The lowest BCUT2D eigenvalue weighted by atomic mass is 10.0. The van der Waals surface area contributed by atoms with E-state index in [2.05, 4.69) is 29.3 Å². The molecule has 1 heterocycles. The molecule has 20 heavy (non-hydrogen) atoms. The summed E-state index contributed by atoms with van der Waals surface area (Å²) in [6.45, 7) is 6.98. The minimum absolute atomic E-state index is 0.127. The number of nitrogens with zero attached hydrogens (tertiary/aromatic N) is 1. The third-order valence-corrected chi connectivity index (χ3v) is 4.27. The summed E-state index contributed by atoms with van der Waals surface area (Å²) in [7, 11) is 0. The Balaban J connectivity index is 1.58. The number of nitrogens with one attached hydrogen (secondary N) is 1. The number of aliphatic hydroxyl groups is 1. The molecule has 2 rings (SSSR count). The zero-order chi connectivity index (χ0) is 14.2. The van der Waals surface area contributed by atoms with Gasteiger partial charge in [0.2, 0.25) is 0 Å². The van der Waals surface area contributed by atoms with Gasteiger partial charge in [-0.25, -0.2) is 0 Å². The van der Waals surface area contributed by atoms with Crippen LogP contribution < -0.4 is 5.32 Å². The maximum atomic E-state index is 9.00. The van der Waals surface area contributed by atoms with Gasteiger partial charge in [-0.15, -0.1) is 0 Å². The highest BCUT2D eigenvalue weighted by molar-refractivity contribution is 5.21. The van der Waals surface area contributed by atoms with E-state index < -0.39 is 0 Å². The van der Waals surface area contributed by atoms with Crippen LogP contribution in [0.1, 0.15) is 43.7 Å². The van der Waals surface area contributed by atoms with Gasteiger partial charge in [0.25, 0.3) is 0 Å². The lowest BCUT2D eigenvalue weighted by Crippen LogP contribution is -2.38. The van der Waals surface area contributed by atoms with Crippen molar-refractivity contribution < 1.29 is 5.11 Å². The largest absolute Gasteiger partial charge is 0.392 e. The average Bonchev–Trinajstić information content (AvgIpc) is 2.49. The van der Waals surface area contributed by atoms with Gasteiger partial charge in [0.15, 0.2) is 0 Å². The van der Waals surface area contributed by atoms with Crippen molar-refractivity contribution in [1.29, 1.82) is 0 Å². The highest BCUT2D eigenvalue weighted by Crippen LogP contribution is 2.16. The predicted octanol–water partition coefficient (Wildman–Crippen LogP) is 2.53. The molecule has 1 aliphatic rings. The number of hydrogen-bond acceptors (Lipinski definition) is 3. The van der Waals surface area contributed by atoms with Crippen molar-refractivity contribution in [2.24, 2.45) is 0 Å². The topological polar surface area (TPSA) is 35.5 Å². The summed E-state index contributed by atoms with van der Waals surface area (Å²) in [6, 6.07) is 8.94. The molecule has 1 fully saturated rings. The van der Waals surface area contributed by atoms with Gasteiger partial charge in [-0.05, 0) is 56.9 Å². The molecule has 1 unspecified atom stereocenters. The van der Waals surface area contributed by atoms with Crippen molar-refractivity contribution in [2.45, 2.75) is 51.8 Å². The fourth-order valence-electron chi connectivity index (χ4n) is 2.89. The SMILES string of the molecule is CC1CCCCN1CCCNCc1ccc(CO)cc1. The van der Waals surface area contributed by atoms with Crippen LogP contribution in [0.3, 0.4) is 0 Å². The van der Waals surface area contributed by atoms with Crippen molar-refractivity contribution >= 4 is 0 Å². The Morgan fingerprint density at radius 3 is 2.65 bits per heavy atom. The summed E-state index contributed by atoms with van der Waals surface area (Å²) in [4.78, 5) is 2.63. The number of piperidine rings is 1. The third kappa shape index (κ3) is 4.89. The zero-order valence-electron chi connectivity index (χ0n) is 12.6. The van der Waals surface area contributed by atoms with E-state index in [9.17, 15) is 0 Å². The first-order valence-corrected chi connectivity index (χ1v) is 7.93. The normalized spacial score (nSPS) is 20.2. The van der Waals surface area contributed by atoms with Crippen LogP contribution >= 0.6 is 0 Å². The van der Waals surface area contributed by atoms with Crippen molar-refractivity contribution in [3.63, 3.8) is 0 Å². The lowest BCUT2D eigenvalue weighted by molar-refractivity contribution is 0.159. The second-order valence-corrected chi connectivity index (χ2v) is 5.89. The van der Waals surface area contributed by atoms with E-state index in [1.807, 2.05) is 12.1 Å². The van der Waals surface area contributed by atoms with Gasteiger partial charge in [-0.2, -0.15) is 0 Å². The summed E-state index contributed by atoms with van der Waals surface area (Å²) < 4.78 is 0. The summed E-state index contributed by atoms with van der Waals surface area (Å²) in [5.41, 5.74) is 2.27. The molecule has 0 spiro atoms. The summed E-state index contributed by atoms with van der Waals surface area (Å²) in [5, 5.41) is 12.5. The van der Waals surface area contributed by atoms with E-state index in [4.69, 9.17) is 5.11 Å². The van der Waals surface area contributed by atoms with E-state index in [0.717, 1.165) is 24.7 Å². The monoisotopic (exact) mass is 276 g/mol. The Hall–Kier alpha value is -0.900. The highest BCUT2D eigenvalue weighted by Gasteiger charge is 2.16. The first-order valence-electron chi connectivity index (χ1n) is 7.93. The minimum atomic E-state index is 0.127. The molecule has 0 saturated carbocycles. The van der Waals surface area contributed by atoms with Gasteiger partial charge in [0.1, 0.15) is 0 Å². The molecule has 2 N–H and O–H groups in total. The second kappa shape index (κ2) is 8.40. The minimum Gasteiger partial charge on any atom is -0.392 e. The van der Waals surface area contributed by atoms with Crippen LogP contribution in [0.2, 0.25) is 0 Å². The van der Waals surface area contributed by atoms with Crippen molar-refractivity contribution in [2.75, 3.05) is 19.6 Å². The van der Waals surface area contributed by atoms with Crippen LogP contribution in [-0.2, 0) is 13.2 Å². The third-order valence-electron chi connectivity index (χ3n) is 4.27. The van der Waals surface area contributed by atoms with Gasteiger partial charge in [-0.3, -0.25) is 0 Å². The maximum absolute atomic E-state index is 9.00. The Morgan fingerprint density at radius 1 is 1.20 bits per heavy atom. The molecule has 0 aliphatic carbocycles. The molecule has 0 radical (unpaired) electrons. The van der Waals surface area contributed by atoms with Crippen molar-refractivity contribution in [3.8, 4) is 0 Å². The molecule has 1 atom stereocenters. The second-order valence-electron chi connectivity index (χ2n) is 5.89. The Bertz CT molecular complexity index is 377. The molecule has 1 aromatic rings. The van der Waals surface area contributed by atoms with Gasteiger partial charge >= 0.3 is 0 Å². The summed E-state index contributed by atoms with van der Waals surface area (Å²) in [6.07, 6.45) is 5.36. The van der Waals surface area contributed by atoms with Crippen LogP contribution in [0.25, 0.3) is 0 Å². The van der Waals surface area contributed by atoms with E-state index in [1.165, 1.54) is 44.3 Å². The molecular formula is C17H28N2O. The van der Waals surface area contributed by atoms with E-state index in [1.54, 1.807) is 0 Å². The number of likely N-dealkylation sites (tertiary alicyclic amines) is 1. The van der Waals surface area contributed by atoms with Crippen LogP contribution in [0.4, 0.5) is 0 Å². The van der Waals surface area contributed by atoms with Crippen LogP contribution in [-0.4, -0.2) is 35.7 Å².